The number of benzene rings is 1. The minimum absolute atomic E-state index is 0.446. The van der Waals surface area contributed by atoms with Crippen LogP contribution in [0, 0.1) is 11.3 Å². The molecule has 4 heteroatoms. The van der Waals surface area contributed by atoms with Crippen LogP contribution in [0.4, 0.5) is 0 Å². The smallest absolute Gasteiger partial charge is 0.149 e. The third-order valence-electron chi connectivity index (χ3n) is 1.89. The van der Waals surface area contributed by atoms with Crippen molar-refractivity contribution in [3.63, 3.8) is 0 Å². The largest absolute Gasteiger partial charge is 0.245 e. The van der Waals surface area contributed by atoms with Crippen molar-refractivity contribution in [2.45, 2.75) is 0 Å². The van der Waals surface area contributed by atoms with Gasteiger partial charge in [0.2, 0.25) is 0 Å². The van der Waals surface area contributed by atoms with Gasteiger partial charge in [0.25, 0.3) is 0 Å². The molecule has 0 atom stereocenters. The molecule has 2 nitrogen and oxygen atoms in total. The van der Waals surface area contributed by atoms with Crippen molar-refractivity contribution in [2.75, 3.05) is 0 Å². The van der Waals surface area contributed by atoms with Crippen LogP contribution in [0.3, 0.4) is 0 Å². The predicted octanol–water partition coefficient (Wildman–Crippen LogP) is 3.63. The summed E-state index contributed by atoms with van der Waals surface area (Å²) in [7, 11) is 0. The van der Waals surface area contributed by atoms with Crippen molar-refractivity contribution in [3.8, 4) is 6.07 Å². The van der Waals surface area contributed by atoms with Gasteiger partial charge in [-0.15, -0.1) is 0 Å². The molecule has 2 aromatic rings. The molecule has 0 aliphatic rings. The number of fused-ring (bicyclic) bond motifs is 1. The molecule has 0 aliphatic heterocycles. The van der Waals surface area contributed by atoms with Crippen LogP contribution in [-0.4, -0.2) is 4.98 Å². The average molecular weight is 312 g/mol. The molecule has 68 valence electrons. The quantitative estimate of drug-likeness (QED) is 0.745. The summed E-state index contributed by atoms with van der Waals surface area (Å²) in [5.74, 6) is 0. The van der Waals surface area contributed by atoms with E-state index < -0.39 is 0 Å². The first kappa shape index (κ1) is 9.63. The van der Waals surface area contributed by atoms with Crippen molar-refractivity contribution >= 4 is 42.6 Å². The third kappa shape index (κ3) is 1.54. The maximum atomic E-state index is 8.88. The lowest BCUT2D eigenvalue weighted by Gasteiger charge is -2.02. The van der Waals surface area contributed by atoms with Crippen LogP contribution in [0.25, 0.3) is 10.8 Å². The Bertz CT molecular complexity index is 544. The molecule has 14 heavy (non-hydrogen) atoms. The van der Waals surface area contributed by atoms with E-state index in [4.69, 9.17) is 5.26 Å². The summed E-state index contributed by atoms with van der Waals surface area (Å²) in [5.41, 5.74) is 0.446. The summed E-state index contributed by atoms with van der Waals surface area (Å²) >= 11 is 6.81. The van der Waals surface area contributed by atoms with E-state index in [9.17, 15) is 0 Å². The van der Waals surface area contributed by atoms with Crippen LogP contribution < -0.4 is 0 Å². The lowest BCUT2D eigenvalue weighted by Crippen LogP contribution is -1.85. The summed E-state index contributed by atoms with van der Waals surface area (Å²) in [6, 6.07) is 7.82. The number of pyridine rings is 1. The number of halogens is 2. The summed E-state index contributed by atoms with van der Waals surface area (Å²) in [5, 5.41) is 10.7. The van der Waals surface area contributed by atoms with Crippen LogP contribution in [0.5, 0.6) is 0 Å². The van der Waals surface area contributed by atoms with Crippen LogP contribution in [-0.2, 0) is 0 Å². The van der Waals surface area contributed by atoms with Gasteiger partial charge >= 0.3 is 0 Å². The first-order valence-electron chi connectivity index (χ1n) is 3.86. The van der Waals surface area contributed by atoms with Crippen molar-refractivity contribution < 1.29 is 0 Å². The Labute approximate surface area is 97.8 Å². The van der Waals surface area contributed by atoms with E-state index in [0.29, 0.717) is 5.69 Å². The highest BCUT2D eigenvalue weighted by Crippen LogP contribution is 2.29. The molecule has 0 fully saturated rings. The lowest BCUT2D eigenvalue weighted by molar-refractivity contribution is 1.29. The van der Waals surface area contributed by atoms with Crippen molar-refractivity contribution in [3.05, 3.63) is 39.0 Å². The predicted molar refractivity (Wildman–Crippen MR) is 61.9 cm³/mol. The molecule has 0 amide bonds. The molecular formula is C10H4Br2N2. The van der Waals surface area contributed by atoms with Gasteiger partial charge in [0, 0.05) is 20.5 Å². The molecule has 1 heterocycles. The molecular weight excluding hydrogens is 308 g/mol. The van der Waals surface area contributed by atoms with E-state index in [2.05, 4.69) is 42.9 Å². The second kappa shape index (κ2) is 3.68. The first-order chi connectivity index (χ1) is 6.72. The maximum Gasteiger partial charge on any atom is 0.149 e. The fourth-order valence-electron chi connectivity index (χ4n) is 1.32. The van der Waals surface area contributed by atoms with Gasteiger partial charge in [0.15, 0.2) is 0 Å². The fraction of sp³-hybridized carbons (Fsp3) is 0. The third-order valence-corrected chi connectivity index (χ3v) is 2.97. The topological polar surface area (TPSA) is 36.7 Å². The Balaban J connectivity index is 2.96. The van der Waals surface area contributed by atoms with Crippen molar-refractivity contribution in [2.24, 2.45) is 0 Å². The van der Waals surface area contributed by atoms with E-state index in [0.717, 1.165) is 19.7 Å². The van der Waals surface area contributed by atoms with Gasteiger partial charge in [-0.3, -0.25) is 0 Å². The standard InChI is InChI=1S/C10H4Br2N2/c11-7-3-6-1-2-14-9(5-13)10(6)8(12)4-7/h1-4H. The van der Waals surface area contributed by atoms with Gasteiger partial charge in [-0.2, -0.15) is 5.26 Å². The lowest BCUT2D eigenvalue weighted by atomic mass is 10.1. The highest BCUT2D eigenvalue weighted by Gasteiger charge is 2.06. The summed E-state index contributed by atoms with van der Waals surface area (Å²) < 4.78 is 1.86. The van der Waals surface area contributed by atoms with Gasteiger partial charge in [-0.05, 0) is 23.6 Å². The second-order valence-electron chi connectivity index (χ2n) is 2.76. The number of rotatable bonds is 0. The first-order valence-corrected chi connectivity index (χ1v) is 5.45. The van der Waals surface area contributed by atoms with Crippen LogP contribution in [0.1, 0.15) is 5.69 Å². The van der Waals surface area contributed by atoms with E-state index >= 15 is 0 Å². The Hall–Kier alpha value is -0.920. The normalized spacial score (nSPS) is 10.1. The van der Waals surface area contributed by atoms with Gasteiger partial charge in [0.05, 0.1) is 0 Å². The number of aromatic nitrogens is 1. The monoisotopic (exact) mass is 310 g/mol. The molecule has 0 bridgehead atoms. The van der Waals surface area contributed by atoms with Crippen LogP contribution in [0.15, 0.2) is 33.3 Å². The summed E-state index contributed by atoms with van der Waals surface area (Å²) in [6.45, 7) is 0. The molecule has 0 unspecified atom stereocenters. The second-order valence-corrected chi connectivity index (χ2v) is 4.53. The Kier molecular flexibility index (Phi) is 2.53. The SMILES string of the molecule is N#Cc1nccc2cc(Br)cc(Br)c12. The number of hydrogen-bond donors (Lipinski definition) is 0. The molecule has 0 radical (unpaired) electrons. The molecule has 2 rings (SSSR count). The Morgan fingerprint density at radius 2 is 2.07 bits per heavy atom. The Morgan fingerprint density at radius 1 is 1.29 bits per heavy atom. The zero-order valence-electron chi connectivity index (χ0n) is 6.96. The highest BCUT2D eigenvalue weighted by molar-refractivity contribution is 9.11. The van der Waals surface area contributed by atoms with Crippen LogP contribution in [0.2, 0.25) is 0 Å². The summed E-state index contributed by atoms with van der Waals surface area (Å²) in [4.78, 5) is 4.01. The van der Waals surface area contributed by atoms with E-state index in [1.54, 1.807) is 6.20 Å². The maximum absolute atomic E-state index is 8.88. The minimum Gasteiger partial charge on any atom is -0.245 e. The van der Waals surface area contributed by atoms with Gasteiger partial charge < -0.3 is 0 Å². The van der Waals surface area contributed by atoms with Crippen LogP contribution >= 0.6 is 31.9 Å². The number of hydrogen-bond acceptors (Lipinski definition) is 2. The van der Waals surface area contributed by atoms with E-state index in [1.807, 2.05) is 18.2 Å². The minimum atomic E-state index is 0.446. The molecule has 0 saturated heterocycles. The number of nitriles is 1. The molecule has 0 spiro atoms. The zero-order chi connectivity index (χ0) is 10.1. The van der Waals surface area contributed by atoms with Gasteiger partial charge in [-0.25, -0.2) is 4.98 Å². The highest BCUT2D eigenvalue weighted by atomic mass is 79.9. The number of nitrogens with zero attached hydrogens (tertiary/aromatic N) is 2. The van der Waals surface area contributed by atoms with E-state index in [-0.39, 0.29) is 0 Å². The molecule has 0 N–H and O–H groups in total. The van der Waals surface area contributed by atoms with E-state index in [1.165, 1.54) is 0 Å². The van der Waals surface area contributed by atoms with Crippen molar-refractivity contribution in [1.82, 2.24) is 4.98 Å². The van der Waals surface area contributed by atoms with Gasteiger partial charge in [-0.1, -0.05) is 31.9 Å². The van der Waals surface area contributed by atoms with Crippen molar-refractivity contribution in [1.29, 1.82) is 5.26 Å². The molecule has 0 saturated carbocycles. The zero-order valence-corrected chi connectivity index (χ0v) is 10.1. The molecule has 1 aromatic heterocycles. The Morgan fingerprint density at radius 3 is 2.79 bits per heavy atom. The fourth-order valence-corrected chi connectivity index (χ4v) is 2.76. The average Bonchev–Trinajstić information content (AvgIpc) is 2.16. The molecule has 1 aromatic carbocycles. The molecule has 0 aliphatic carbocycles. The summed E-state index contributed by atoms with van der Waals surface area (Å²) in [6.07, 6.45) is 1.64. The van der Waals surface area contributed by atoms with Gasteiger partial charge in [0.1, 0.15) is 11.8 Å².